The Balaban J connectivity index is -0.000000382. The Labute approximate surface area is 168 Å². The number of phenols is 2. The topological polar surface area (TPSA) is 79.1 Å². The number of benzene rings is 1. The van der Waals surface area contributed by atoms with Crippen molar-refractivity contribution >= 4 is 24.8 Å². The standard InChI is InChI=1S/C12H17O2.C3H2N3.2ClH.Zr/c1-7(2)9-5-10(8(3)4)12(14)6-11(9)13;1-2-4-6-5-3-1;;;/h5,7-8,13-14H,1-4H3;1-2H;2*1H;/q2*-1;;;+2. The first kappa shape index (κ1) is 27.2. The maximum Gasteiger partial charge on any atom is 2.00 e. The molecule has 1 heterocycles. The fourth-order valence-corrected chi connectivity index (χ4v) is 1.62. The molecule has 0 spiro atoms. The molecule has 5 nitrogen and oxygen atoms in total. The fraction of sp³-hybridized carbons (Fsp3) is 0.400. The Bertz CT molecular complexity index is 488. The van der Waals surface area contributed by atoms with Crippen LogP contribution in [-0.2, 0) is 26.2 Å². The fourth-order valence-electron chi connectivity index (χ4n) is 1.62. The van der Waals surface area contributed by atoms with Crippen molar-refractivity contribution in [2.24, 2.45) is 0 Å². The quantitative estimate of drug-likeness (QED) is 0.701. The second kappa shape index (κ2) is 13.7. The summed E-state index contributed by atoms with van der Waals surface area (Å²) in [7, 11) is 0. The molecule has 0 aliphatic carbocycles. The van der Waals surface area contributed by atoms with E-state index < -0.39 is 0 Å². The van der Waals surface area contributed by atoms with Crippen LogP contribution in [0.15, 0.2) is 18.3 Å². The zero-order chi connectivity index (χ0) is 15.1. The molecule has 126 valence electrons. The molecule has 0 saturated heterocycles. The van der Waals surface area contributed by atoms with Gasteiger partial charge in [-0.05, 0) is 0 Å². The van der Waals surface area contributed by atoms with Crippen molar-refractivity contribution in [3.05, 3.63) is 41.7 Å². The molecule has 2 N–H and O–H groups in total. The maximum absolute atomic E-state index is 9.55. The normalized spacial score (nSPS) is 8.96. The summed E-state index contributed by atoms with van der Waals surface area (Å²) in [5.74, 6) is 0.595. The summed E-state index contributed by atoms with van der Waals surface area (Å²) in [5.41, 5.74) is 1.68. The van der Waals surface area contributed by atoms with Gasteiger partial charge in [0.25, 0.3) is 0 Å². The first-order valence-electron chi connectivity index (χ1n) is 6.42. The molecule has 0 radical (unpaired) electrons. The third-order valence-corrected chi connectivity index (χ3v) is 2.71. The van der Waals surface area contributed by atoms with Crippen LogP contribution in [0.5, 0.6) is 11.5 Å². The Morgan fingerprint density at radius 2 is 1.43 bits per heavy atom. The molecule has 0 aliphatic rings. The number of phenolic OH excluding ortho intramolecular Hbond substituents is 2. The van der Waals surface area contributed by atoms with E-state index in [0.29, 0.717) is 0 Å². The summed E-state index contributed by atoms with van der Waals surface area (Å²) < 4.78 is 0. The Kier molecular flexibility index (Phi) is 16.2. The van der Waals surface area contributed by atoms with Gasteiger partial charge in [0.15, 0.2) is 0 Å². The molecule has 1 aromatic carbocycles. The van der Waals surface area contributed by atoms with Crippen molar-refractivity contribution in [3.8, 4) is 11.5 Å². The van der Waals surface area contributed by atoms with E-state index in [2.05, 4.69) is 27.7 Å². The van der Waals surface area contributed by atoms with Crippen LogP contribution in [0.1, 0.15) is 50.7 Å². The summed E-state index contributed by atoms with van der Waals surface area (Å²) in [5, 5.41) is 29.0. The second-order valence-corrected chi connectivity index (χ2v) is 4.94. The maximum atomic E-state index is 9.55. The second-order valence-electron chi connectivity index (χ2n) is 4.94. The molecule has 0 aliphatic heterocycles. The van der Waals surface area contributed by atoms with E-state index >= 15 is 0 Å². The van der Waals surface area contributed by atoms with Crippen LogP contribution >= 0.6 is 24.8 Å². The van der Waals surface area contributed by atoms with Gasteiger partial charge < -0.3 is 10.2 Å². The summed E-state index contributed by atoms with van der Waals surface area (Å²) in [6, 6.07) is 6.03. The molecule has 2 rings (SSSR count). The zero-order valence-electron chi connectivity index (χ0n) is 13.4. The average molecular weight is 437 g/mol. The van der Waals surface area contributed by atoms with Crippen molar-refractivity contribution in [1.82, 2.24) is 15.4 Å². The summed E-state index contributed by atoms with van der Waals surface area (Å²) in [6.07, 6.45) is 3.99. The summed E-state index contributed by atoms with van der Waals surface area (Å²) in [4.78, 5) is 0. The van der Waals surface area contributed by atoms with Gasteiger partial charge in [0, 0.05) is 11.5 Å². The third kappa shape index (κ3) is 9.24. The molecule has 0 bridgehead atoms. The first-order chi connectivity index (χ1) is 9.43. The van der Waals surface area contributed by atoms with E-state index in [1.165, 1.54) is 6.20 Å². The summed E-state index contributed by atoms with van der Waals surface area (Å²) in [6.45, 7) is 8.02. The zero-order valence-corrected chi connectivity index (χ0v) is 17.5. The number of rotatable bonds is 2. The van der Waals surface area contributed by atoms with Crippen molar-refractivity contribution in [3.63, 3.8) is 0 Å². The minimum absolute atomic E-state index is 0. The van der Waals surface area contributed by atoms with Crippen LogP contribution < -0.4 is 0 Å². The third-order valence-electron chi connectivity index (χ3n) is 2.71. The molecule has 0 amide bonds. The van der Waals surface area contributed by atoms with Crippen LogP contribution in [0.3, 0.4) is 0 Å². The number of aromatic hydroxyl groups is 2. The van der Waals surface area contributed by atoms with E-state index in [9.17, 15) is 10.2 Å². The van der Waals surface area contributed by atoms with Crippen LogP contribution in [0.25, 0.3) is 0 Å². The SMILES string of the molecule is CC(C)c1cc(C(C)C)c(O)[c-]c1O.Cl.Cl.[Zr+2].[c-]1ccnnn1. The monoisotopic (exact) mass is 435 g/mol. The predicted molar refractivity (Wildman–Crippen MR) is 89.9 cm³/mol. The molecule has 0 fully saturated rings. The first-order valence-corrected chi connectivity index (χ1v) is 6.42. The number of hydrogen-bond acceptors (Lipinski definition) is 5. The van der Waals surface area contributed by atoms with E-state index in [-0.39, 0.29) is 74.4 Å². The van der Waals surface area contributed by atoms with Crippen LogP contribution in [0.4, 0.5) is 0 Å². The van der Waals surface area contributed by atoms with E-state index in [0.717, 1.165) is 11.1 Å². The van der Waals surface area contributed by atoms with Crippen LogP contribution in [-0.4, -0.2) is 25.6 Å². The minimum atomic E-state index is 0. The van der Waals surface area contributed by atoms with E-state index in [4.69, 9.17) is 0 Å². The predicted octanol–water partition coefficient (Wildman–Crippen LogP) is 3.66. The van der Waals surface area contributed by atoms with Crippen LogP contribution in [0.2, 0.25) is 0 Å². The average Bonchev–Trinajstić information content (AvgIpc) is 2.40. The Morgan fingerprint density at radius 1 is 0.957 bits per heavy atom. The summed E-state index contributed by atoms with van der Waals surface area (Å²) >= 11 is 0. The van der Waals surface area contributed by atoms with Gasteiger partial charge in [-0.1, -0.05) is 57.0 Å². The number of hydrogen-bond donors (Lipinski definition) is 2. The van der Waals surface area contributed by atoms with Gasteiger partial charge in [0.2, 0.25) is 0 Å². The molecule has 0 saturated carbocycles. The van der Waals surface area contributed by atoms with Gasteiger partial charge in [0.1, 0.15) is 0 Å². The Hall–Kier alpha value is -0.707. The van der Waals surface area contributed by atoms with Crippen molar-refractivity contribution in [2.75, 3.05) is 0 Å². The molecule has 0 unspecified atom stereocenters. The van der Waals surface area contributed by atoms with Gasteiger partial charge in [-0.25, -0.2) is 10.2 Å². The molecule has 8 heteroatoms. The van der Waals surface area contributed by atoms with Crippen LogP contribution in [0, 0.1) is 12.3 Å². The number of aromatic nitrogens is 3. The van der Waals surface area contributed by atoms with E-state index in [1.807, 2.05) is 33.8 Å². The molecular weight excluding hydrogens is 416 g/mol. The minimum Gasteiger partial charge on any atom is -0.534 e. The van der Waals surface area contributed by atoms with Crippen molar-refractivity contribution in [1.29, 1.82) is 0 Å². The van der Waals surface area contributed by atoms with E-state index in [1.54, 1.807) is 6.07 Å². The van der Waals surface area contributed by atoms with Gasteiger partial charge >= 0.3 is 26.2 Å². The molecular formula is C15H21Cl2N3O2Zr. The Morgan fingerprint density at radius 3 is 1.65 bits per heavy atom. The number of nitrogens with zero attached hydrogens (tertiary/aromatic N) is 3. The molecule has 23 heavy (non-hydrogen) atoms. The molecule has 1 aromatic heterocycles. The van der Waals surface area contributed by atoms with Crippen molar-refractivity contribution < 1.29 is 36.4 Å². The van der Waals surface area contributed by atoms with Gasteiger partial charge in [-0.15, -0.1) is 42.1 Å². The molecule has 2 aromatic rings. The number of halogens is 2. The van der Waals surface area contributed by atoms with Gasteiger partial charge in [-0.3, -0.25) is 0 Å². The van der Waals surface area contributed by atoms with Gasteiger partial charge in [0.05, 0.1) is 0 Å². The molecule has 0 atom stereocenters. The smallest absolute Gasteiger partial charge is 0.534 e. The van der Waals surface area contributed by atoms with Gasteiger partial charge in [-0.2, -0.15) is 12.1 Å². The van der Waals surface area contributed by atoms with Crippen molar-refractivity contribution in [2.45, 2.75) is 39.5 Å². The largest absolute Gasteiger partial charge is 2.00 e.